The zero-order chi connectivity index (χ0) is 20.1. The minimum atomic E-state index is -0.104. The molecule has 146 valence electrons. The number of thiazole rings is 1. The largest absolute Gasteiger partial charge is 0.439 e. The number of nitrogens with one attached hydrogen (secondary N) is 1. The molecule has 0 radical (unpaired) electrons. The Morgan fingerprint density at radius 1 is 1.21 bits per heavy atom. The van der Waals surface area contributed by atoms with Crippen LogP contribution in [0.4, 0.5) is 0 Å². The normalized spacial score (nSPS) is 10.7. The minimum Gasteiger partial charge on any atom is -0.439 e. The Morgan fingerprint density at radius 2 is 2.04 bits per heavy atom. The van der Waals surface area contributed by atoms with Crippen molar-refractivity contribution < 1.29 is 9.53 Å². The van der Waals surface area contributed by atoms with Crippen molar-refractivity contribution in [2.24, 2.45) is 0 Å². The van der Waals surface area contributed by atoms with Crippen molar-refractivity contribution in [3.05, 3.63) is 74.0 Å². The summed E-state index contributed by atoms with van der Waals surface area (Å²) in [5, 5.41) is 4.65. The molecular formula is C21H23N3O3S. The molecule has 1 aromatic carbocycles. The maximum atomic E-state index is 12.0. The van der Waals surface area contributed by atoms with E-state index in [0.29, 0.717) is 19.0 Å². The van der Waals surface area contributed by atoms with Gasteiger partial charge in [0.2, 0.25) is 11.8 Å². The van der Waals surface area contributed by atoms with Gasteiger partial charge in [-0.1, -0.05) is 29.5 Å². The Hall–Kier alpha value is -2.93. The van der Waals surface area contributed by atoms with E-state index in [-0.39, 0.29) is 17.2 Å². The van der Waals surface area contributed by atoms with Gasteiger partial charge in [-0.25, -0.2) is 4.98 Å². The number of hydrogen-bond acceptors (Lipinski definition) is 5. The van der Waals surface area contributed by atoms with Crippen LogP contribution in [-0.2, 0) is 17.9 Å². The van der Waals surface area contributed by atoms with E-state index in [2.05, 4.69) is 10.3 Å². The summed E-state index contributed by atoms with van der Waals surface area (Å²) in [6.07, 6.45) is 1.95. The van der Waals surface area contributed by atoms with Crippen molar-refractivity contribution in [2.45, 2.75) is 40.3 Å². The molecule has 0 spiro atoms. The number of carbonyl (C=O) groups is 1. The number of carbonyl (C=O) groups excluding carboxylic acids is 1. The first-order chi connectivity index (χ1) is 13.4. The van der Waals surface area contributed by atoms with E-state index in [0.717, 1.165) is 39.5 Å². The van der Waals surface area contributed by atoms with Gasteiger partial charge in [0.1, 0.15) is 5.75 Å². The molecule has 0 atom stereocenters. The van der Waals surface area contributed by atoms with Crippen molar-refractivity contribution in [1.29, 1.82) is 0 Å². The fourth-order valence-electron chi connectivity index (χ4n) is 2.68. The van der Waals surface area contributed by atoms with Crippen LogP contribution in [0.1, 0.15) is 28.8 Å². The van der Waals surface area contributed by atoms with Gasteiger partial charge in [0.15, 0.2) is 0 Å². The zero-order valence-electron chi connectivity index (χ0n) is 16.2. The predicted molar refractivity (Wildman–Crippen MR) is 110 cm³/mol. The molecule has 3 rings (SSSR count). The molecule has 1 N–H and O–H groups in total. The lowest BCUT2D eigenvalue weighted by Crippen LogP contribution is -2.26. The van der Waals surface area contributed by atoms with Crippen LogP contribution >= 0.6 is 11.3 Å². The fourth-order valence-corrected chi connectivity index (χ4v) is 3.44. The van der Waals surface area contributed by atoms with Crippen LogP contribution in [0.25, 0.3) is 0 Å². The van der Waals surface area contributed by atoms with Gasteiger partial charge in [-0.05, 0) is 43.5 Å². The van der Waals surface area contributed by atoms with Crippen molar-refractivity contribution in [2.75, 3.05) is 0 Å². The van der Waals surface area contributed by atoms with E-state index in [9.17, 15) is 9.59 Å². The third-order valence-electron chi connectivity index (χ3n) is 4.38. The molecule has 0 aliphatic heterocycles. The van der Waals surface area contributed by atoms with Gasteiger partial charge in [-0.3, -0.25) is 9.59 Å². The van der Waals surface area contributed by atoms with Gasteiger partial charge in [-0.2, -0.15) is 0 Å². The average molecular weight is 398 g/mol. The van der Waals surface area contributed by atoms with E-state index in [1.54, 1.807) is 22.2 Å². The second kappa shape index (κ2) is 8.84. The predicted octanol–water partition coefficient (Wildman–Crippen LogP) is 3.73. The molecule has 0 unspecified atom stereocenters. The number of aromatic nitrogens is 2. The van der Waals surface area contributed by atoms with Gasteiger partial charge >= 0.3 is 4.87 Å². The molecule has 6 nitrogen and oxygen atoms in total. The molecule has 1 amide bonds. The number of nitrogens with zero attached hydrogens (tertiary/aromatic N) is 2. The molecule has 2 aromatic heterocycles. The molecule has 28 heavy (non-hydrogen) atoms. The highest BCUT2D eigenvalue weighted by molar-refractivity contribution is 7.07. The quantitative estimate of drug-likeness (QED) is 0.659. The Labute approximate surface area is 167 Å². The monoisotopic (exact) mass is 397 g/mol. The molecule has 0 saturated heterocycles. The van der Waals surface area contributed by atoms with Gasteiger partial charge in [0.25, 0.3) is 0 Å². The summed E-state index contributed by atoms with van der Waals surface area (Å²) in [6, 6.07) is 9.70. The zero-order valence-corrected chi connectivity index (χ0v) is 17.0. The lowest BCUT2D eigenvalue weighted by Gasteiger charge is -2.10. The first kappa shape index (κ1) is 19.8. The van der Waals surface area contributed by atoms with Crippen molar-refractivity contribution >= 4 is 17.2 Å². The summed E-state index contributed by atoms with van der Waals surface area (Å²) in [7, 11) is 0. The third kappa shape index (κ3) is 5.07. The van der Waals surface area contributed by atoms with Crippen LogP contribution < -0.4 is 14.9 Å². The summed E-state index contributed by atoms with van der Waals surface area (Å²) >= 11 is 1.15. The Kier molecular flexibility index (Phi) is 6.26. The highest BCUT2D eigenvalue weighted by atomic mass is 32.1. The number of rotatable bonds is 7. The molecule has 3 aromatic rings. The van der Waals surface area contributed by atoms with Crippen LogP contribution in [0.3, 0.4) is 0 Å². The van der Waals surface area contributed by atoms with E-state index in [1.807, 2.05) is 45.0 Å². The van der Waals surface area contributed by atoms with Crippen LogP contribution in [0.2, 0.25) is 0 Å². The smallest absolute Gasteiger partial charge is 0.307 e. The van der Waals surface area contributed by atoms with Gasteiger partial charge in [0.05, 0.1) is 0 Å². The lowest BCUT2D eigenvalue weighted by molar-refractivity contribution is -0.121. The second-order valence-electron chi connectivity index (χ2n) is 6.70. The SMILES string of the molecule is Cc1ccc(C)c(Oc2ccc(CNC(=O)CCn3c(C)csc3=O)cn2)c1. The fraction of sp³-hybridized carbons (Fsp3) is 0.286. The summed E-state index contributed by atoms with van der Waals surface area (Å²) in [5.74, 6) is 1.19. The highest BCUT2D eigenvalue weighted by Crippen LogP contribution is 2.24. The number of amides is 1. The molecule has 2 heterocycles. The van der Waals surface area contributed by atoms with Gasteiger partial charge in [0, 0.05) is 42.8 Å². The standard InChI is InChI=1S/C21H23N3O3S/c1-14-4-5-15(2)18(10-14)27-20-7-6-17(12-23-20)11-22-19(25)8-9-24-16(3)13-28-21(24)26/h4-7,10,12-13H,8-9,11H2,1-3H3,(H,22,25). The van der Waals surface area contributed by atoms with Crippen LogP contribution in [0.15, 0.2) is 46.7 Å². The molecule has 0 aliphatic carbocycles. The van der Waals surface area contributed by atoms with Crippen LogP contribution in [0.5, 0.6) is 11.6 Å². The van der Waals surface area contributed by atoms with Gasteiger partial charge in [-0.15, -0.1) is 0 Å². The third-order valence-corrected chi connectivity index (χ3v) is 5.27. The Morgan fingerprint density at radius 3 is 2.71 bits per heavy atom. The van der Waals surface area contributed by atoms with E-state index < -0.39 is 0 Å². The molecular weight excluding hydrogens is 374 g/mol. The molecule has 0 aliphatic rings. The van der Waals surface area contributed by atoms with E-state index in [4.69, 9.17) is 4.74 Å². The summed E-state index contributed by atoms with van der Waals surface area (Å²) < 4.78 is 7.46. The van der Waals surface area contributed by atoms with E-state index in [1.165, 1.54) is 0 Å². The first-order valence-electron chi connectivity index (χ1n) is 9.04. The van der Waals surface area contributed by atoms with Crippen molar-refractivity contribution in [1.82, 2.24) is 14.9 Å². The Balaban J connectivity index is 1.51. The average Bonchev–Trinajstić information content (AvgIpc) is 3.00. The summed E-state index contributed by atoms with van der Waals surface area (Å²) in [4.78, 5) is 28.0. The van der Waals surface area contributed by atoms with Crippen molar-refractivity contribution in [3.63, 3.8) is 0 Å². The number of hydrogen-bond donors (Lipinski definition) is 1. The highest BCUT2D eigenvalue weighted by Gasteiger charge is 2.07. The second-order valence-corrected chi connectivity index (χ2v) is 7.52. The van der Waals surface area contributed by atoms with Crippen LogP contribution in [-0.4, -0.2) is 15.5 Å². The minimum absolute atomic E-state index is 0.0334. The van der Waals surface area contributed by atoms with E-state index >= 15 is 0 Å². The Bertz CT molecular complexity index is 1020. The van der Waals surface area contributed by atoms with Crippen molar-refractivity contribution in [3.8, 4) is 11.6 Å². The topological polar surface area (TPSA) is 73.2 Å². The summed E-state index contributed by atoms with van der Waals surface area (Å²) in [5.41, 5.74) is 3.93. The summed E-state index contributed by atoms with van der Waals surface area (Å²) in [6.45, 7) is 6.64. The molecule has 0 bridgehead atoms. The molecule has 0 saturated carbocycles. The number of ether oxygens (including phenoxy) is 1. The number of aryl methyl sites for hydroxylation is 3. The first-order valence-corrected chi connectivity index (χ1v) is 9.92. The molecule has 0 fully saturated rings. The number of pyridine rings is 1. The maximum absolute atomic E-state index is 12.0. The molecule has 7 heteroatoms. The maximum Gasteiger partial charge on any atom is 0.307 e. The van der Waals surface area contributed by atoms with Crippen LogP contribution in [0, 0.1) is 20.8 Å². The number of benzene rings is 1. The lowest BCUT2D eigenvalue weighted by atomic mass is 10.1. The van der Waals surface area contributed by atoms with Gasteiger partial charge < -0.3 is 14.6 Å².